The number of hydrogen-bond acceptors (Lipinski definition) is 5. The maximum absolute atomic E-state index is 12.4. The molecule has 1 aromatic carbocycles. The second-order valence-electron chi connectivity index (χ2n) is 5.32. The van der Waals surface area contributed by atoms with Crippen LogP contribution in [0, 0.1) is 0 Å². The number of aromatic nitrogens is 1. The van der Waals surface area contributed by atoms with Crippen LogP contribution in [0.1, 0.15) is 16.1 Å². The van der Waals surface area contributed by atoms with E-state index in [0.717, 1.165) is 16.7 Å². The van der Waals surface area contributed by atoms with E-state index in [1.807, 2.05) is 0 Å². The molecule has 0 saturated carbocycles. The van der Waals surface area contributed by atoms with Gasteiger partial charge in [-0.25, -0.2) is 4.79 Å². The zero-order valence-corrected chi connectivity index (χ0v) is 14.8. The first-order chi connectivity index (χ1) is 12.4. The number of amides is 1. The zero-order chi connectivity index (χ0) is 18.8. The van der Waals surface area contributed by atoms with Gasteiger partial charge in [0.15, 0.2) is 0 Å². The molecule has 0 bridgehead atoms. The molecule has 1 aliphatic heterocycles. The summed E-state index contributed by atoms with van der Waals surface area (Å²) in [6, 6.07) is 9.92. The molecule has 0 spiro atoms. The minimum Gasteiger partial charge on any atom is -0.480 e. The Hall–Kier alpha value is -2.91. The predicted octanol–water partition coefficient (Wildman–Crippen LogP) is 2.46. The number of carbonyl (C=O) groups is 3. The Morgan fingerprint density at radius 2 is 1.96 bits per heavy atom. The van der Waals surface area contributed by atoms with Crippen molar-refractivity contribution in [2.75, 3.05) is 6.54 Å². The third-order valence-electron chi connectivity index (χ3n) is 3.60. The molecule has 2 aromatic rings. The summed E-state index contributed by atoms with van der Waals surface area (Å²) in [6.07, 6.45) is 3.35. The molecule has 1 fully saturated rings. The van der Waals surface area contributed by atoms with Crippen LogP contribution in [0.3, 0.4) is 0 Å². The summed E-state index contributed by atoms with van der Waals surface area (Å²) in [4.78, 5) is 35.7. The van der Waals surface area contributed by atoms with E-state index < -0.39 is 24.4 Å². The first kappa shape index (κ1) is 17.9. The minimum atomic E-state index is -1.14. The van der Waals surface area contributed by atoms with Crippen LogP contribution in [0.25, 0.3) is 11.8 Å². The Morgan fingerprint density at radius 3 is 2.65 bits per heavy atom. The molecule has 9 heteroatoms. The van der Waals surface area contributed by atoms with Gasteiger partial charge in [-0.2, -0.15) is 0 Å². The first-order valence-corrected chi connectivity index (χ1v) is 8.57. The monoisotopic (exact) mass is 388 g/mol. The SMILES string of the molecule is O=C(O)CN1C(=O)C(=Cc2cccn2-c2cccc(C(=O)O)c2)SC1=S. The van der Waals surface area contributed by atoms with Crippen LogP contribution in [0.2, 0.25) is 0 Å². The molecular formula is C17H12N2O5S2. The first-order valence-electron chi connectivity index (χ1n) is 7.35. The highest BCUT2D eigenvalue weighted by Crippen LogP contribution is 2.32. The number of carboxylic acid groups (broad SMARTS) is 2. The zero-order valence-electron chi connectivity index (χ0n) is 13.2. The lowest BCUT2D eigenvalue weighted by molar-refractivity contribution is -0.140. The Morgan fingerprint density at radius 1 is 1.19 bits per heavy atom. The lowest BCUT2D eigenvalue weighted by atomic mass is 10.2. The molecule has 2 heterocycles. The van der Waals surface area contributed by atoms with Crippen LogP contribution >= 0.6 is 24.0 Å². The van der Waals surface area contributed by atoms with Crippen molar-refractivity contribution in [3.05, 3.63) is 58.8 Å². The Bertz CT molecular complexity index is 964. The number of carbonyl (C=O) groups excluding carboxylic acids is 1. The molecule has 1 amide bonds. The van der Waals surface area contributed by atoms with Gasteiger partial charge in [0.2, 0.25) is 0 Å². The molecule has 1 aromatic heterocycles. The summed E-state index contributed by atoms with van der Waals surface area (Å²) in [5.41, 5.74) is 1.42. The Kier molecular flexibility index (Phi) is 4.92. The highest BCUT2D eigenvalue weighted by Gasteiger charge is 2.33. The van der Waals surface area contributed by atoms with Crippen LogP contribution in [0.5, 0.6) is 0 Å². The van der Waals surface area contributed by atoms with Crippen molar-refractivity contribution in [3.8, 4) is 5.69 Å². The Balaban J connectivity index is 1.95. The van der Waals surface area contributed by atoms with E-state index in [2.05, 4.69) is 0 Å². The quantitative estimate of drug-likeness (QED) is 0.599. The number of thiocarbonyl (C=S) groups is 1. The number of carboxylic acids is 2. The van der Waals surface area contributed by atoms with E-state index in [1.165, 1.54) is 12.1 Å². The van der Waals surface area contributed by atoms with Gasteiger partial charge < -0.3 is 14.8 Å². The standard InChI is InChI=1S/C17H12N2O5S2/c20-14(21)9-19-15(22)13(26-17(19)25)8-12-5-2-6-18(12)11-4-1-3-10(7-11)16(23)24/h1-8H,9H2,(H,20,21)(H,23,24). The minimum absolute atomic E-state index is 0.148. The van der Waals surface area contributed by atoms with Gasteiger partial charge in [-0.1, -0.05) is 30.0 Å². The van der Waals surface area contributed by atoms with Crippen molar-refractivity contribution < 1.29 is 24.6 Å². The summed E-state index contributed by atoms with van der Waals surface area (Å²) in [5.74, 6) is -2.64. The maximum atomic E-state index is 12.4. The summed E-state index contributed by atoms with van der Waals surface area (Å²) < 4.78 is 1.92. The van der Waals surface area contributed by atoms with Gasteiger partial charge in [0.25, 0.3) is 5.91 Å². The Labute approximate surface area is 157 Å². The van der Waals surface area contributed by atoms with Crippen molar-refractivity contribution in [1.82, 2.24) is 9.47 Å². The van der Waals surface area contributed by atoms with E-state index >= 15 is 0 Å². The van der Waals surface area contributed by atoms with Crippen molar-refractivity contribution in [1.29, 1.82) is 0 Å². The number of rotatable bonds is 5. The fourth-order valence-electron chi connectivity index (χ4n) is 2.44. The second-order valence-corrected chi connectivity index (χ2v) is 7.00. The molecule has 2 N–H and O–H groups in total. The third kappa shape index (κ3) is 3.53. The van der Waals surface area contributed by atoms with Gasteiger partial charge >= 0.3 is 11.9 Å². The average Bonchev–Trinajstić information content (AvgIpc) is 3.15. The van der Waals surface area contributed by atoms with Crippen LogP contribution in [-0.2, 0) is 9.59 Å². The fourth-order valence-corrected chi connectivity index (χ4v) is 3.68. The van der Waals surface area contributed by atoms with E-state index in [4.69, 9.17) is 22.4 Å². The number of aromatic carboxylic acids is 1. The highest BCUT2D eigenvalue weighted by atomic mass is 32.2. The van der Waals surface area contributed by atoms with Gasteiger partial charge in [-0.05, 0) is 36.4 Å². The molecule has 3 rings (SSSR count). The summed E-state index contributed by atoms with van der Waals surface area (Å²) in [7, 11) is 0. The average molecular weight is 388 g/mol. The number of nitrogens with zero attached hydrogens (tertiary/aromatic N) is 2. The molecule has 1 saturated heterocycles. The van der Waals surface area contributed by atoms with Crippen LogP contribution in [0.4, 0.5) is 0 Å². The highest BCUT2D eigenvalue weighted by molar-refractivity contribution is 8.26. The van der Waals surface area contributed by atoms with Crippen molar-refractivity contribution in [2.24, 2.45) is 0 Å². The largest absolute Gasteiger partial charge is 0.480 e. The molecule has 0 unspecified atom stereocenters. The number of aliphatic carboxylic acids is 1. The summed E-state index contributed by atoms with van der Waals surface area (Å²) in [6.45, 7) is -0.482. The van der Waals surface area contributed by atoms with Gasteiger partial charge in [-0.3, -0.25) is 14.5 Å². The van der Waals surface area contributed by atoms with Gasteiger partial charge in [0.1, 0.15) is 10.9 Å². The molecule has 0 atom stereocenters. The lowest BCUT2D eigenvalue weighted by Crippen LogP contribution is -2.33. The maximum Gasteiger partial charge on any atom is 0.335 e. The molecule has 26 heavy (non-hydrogen) atoms. The molecule has 0 aliphatic carbocycles. The van der Waals surface area contributed by atoms with Crippen LogP contribution < -0.4 is 0 Å². The van der Waals surface area contributed by atoms with Crippen LogP contribution in [0.15, 0.2) is 47.5 Å². The van der Waals surface area contributed by atoms with Gasteiger partial charge in [0, 0.05) is 17.6 Å². The molecule has 132 valence electrons. The second kappa shape index (κ2) is 7.14. The predicted molar refractivity (Wildman–Crippen MR) is 100 cm³/mol. The smallest absolute Gasteiger partial charge is 0.335 e. The van der Waals surface area contributed by atoms with E-state index in [9.17, 15) is 14.4 Å². The number of benzene rings is 1. The summed E-state index contributed by atoms with van der Waals surface area (Å²) >= 11 is 6.10. The number of hydrogen-bond donors (Lipinski definition) is 2. The topological polar surface area (TPSA) is 99.8 Å². The third-order valence-corrected chi connectivity index (χ3v) is 4.98. The number of thioether (sulfide) groups is 1. The fraction of sp³-hybridized carbons (Fsp3) is 0.0588. The normalized spacial score (nSPS) is 15.7. The van der Waals surface area contributed by atoms with Gasteiger partial charge in [0.05, 0.1) is 10.5 Å². The van der Waals surface area contributed by atoms with E-state index in [1.54, 1.807) is 41.1 Å². The molecule has 1 aliphatic rings. The van der Waals surface area contributed by atoms with Crippen molar-refractivity contribution >= 4 is 52.2 Å². The lowest BCUT2D eigenvalue weighted by Gasteiger charge is -2.10. The van der Waals surface area contributed by atoms with E-state index in [-0.39, 0.29) is 9.88 Å². The molecule has 0 radical (unpaired) electrons. The summed E-state index contributed by atoms with van der Waals surface area (Å²) in [5, 5.41) is 18.0. The molecular weight excluding hydrogens is 376 g/mol. The molecule has 7 nitrogen and oxygen atoms in total. The van der Waals surface area contributed by atoms with Gasteiger partial charge in [-0.15, -0.1) is 0 Å². The van der Waals surface area contributed by atoms with E-state index in [0.29, 0.717) is 16.3 Å². The van der Waals surface area contributed by atoms with Crippen molar-refractivity contribution in [3.63, 3.8) is 0 Å². The van der Waals surface area contributed by atoms with Crippen molar-refractivity contribution in [2.45, 2.75) is 0 Å². The van der Waals surface area contributed by atoms with Crippen LogP contribution in [-0.4, -0.2) is 48.4 Å².